The molecule has 0 heterocycles. The number of hydrogen-bond acceptors (Lipinski definition) is 1. The first-order valence-electron chi connectivity index (χ1n) is 7.85. The van der Waals surface area contributed by atoms with Gasteiger partial charge in [-0.05, 0) is 32.8 Å². The van der Waals surface area contributed by atoms with Crippen LogP contribution in [0.2, 0.25) is 0 Å². The molecule has 1 nitrogen and oxygen atoms in total. The van der Waals surface area contributed by atoms with E-state index in [9.17, 15) is 0 Å². The van der Waals surface area contributed by atoms with E-state index in [1.807, 2.05) is 0 Å². The molecule has 2 heteroatoms. The second-order valence-corrected chi connectivity index (χ2v) is 9.33. The second-order valence-electron chi connectivity index (χ2n) is 5.20. The Morgan fingerprint density at radius 3 is 1.50 bits per heavy atom. The van der Waals surface area contributed by atoms with Crippen molar-refractivity contribution in [3.63, 3.8) is 0 Å². The first kappa shape index (κ1) is 18.0. The summed E-state index contributed by atoms with van der Waals surface area (Å²) in [7, 11) is -1.07. The summed E-state index contributed by atoms with van der Waals surface area (Å²) >= 11 is 0. The van der Waals surface area contributed by atoms with Gasteiger partial charge in [-0.2, -0.15) is 0 Å². The Labute approximate surface area is 116 Å². The summed E-state index contributed by atoms with van der Waals surface area (Å²) in [4.78, 5) is 0. The number of rotatable bonds is 12. The number of unbranched alkanes of at least 4 members (excludes halogenated alkanes) is 3. The summed E-state index contributed by atoms with van der Waals surface area (Å²) in [6, 6.07) is 0. The maximum absolute atomic E-state index is 5.85. The normalized spacial score (nSPS) is 11.6. The van der Waals surface area contributed by atoms with Gasteiger partial charge < -0.3 is 4.74 Å². The molecule has 0 aromatic carbocycles. The van der Waals surface area contributed by atoms with Crippen LogP contribution in [0.15, 0.2) is 12.1 Å². The summed E-state index contributed by atoms with van der Waals surface area (Å²) in [6.07, 6.45) is 12.0. The van der Waals surface area contributed by atoms with Gasteiger partial charge in [-0.25, -0.2) is 0 Å². The molecule has 0 radical (unpaired) electrons. The smallest absolute Gasteiger partial charge is 0.232 e. The van der Waals surface area contributed by atoms with Crippen LogP contribution in [0.25, 0.3) is 0 Å². The molecule has 0 saturated heterocycles. The summed E-state index contributed by atoms with van der Waals surface area (Å²) < 4.78 is 5.85. The van der Waals surface area contributed by atoms with Crippen molar-refractivity contribution in [2.45, 2.75) is 66.2 Å². The van der Waals surface area contributed by atoms with E-state index in [1.165, 1.54) is 62.5 Å². The monoisotopic (exact) mass is 273 g/mol. The third-order valence-corrected chi connectivity index (χ3v) is 8.36. The van der Waals surface area contributed by atoms with Crippen molar-refractivity contribution in [1.82, 2.24) is 0 Å². The highest BCUT2D eigenvalue weighted by Crippen LogP contribution is 2.66. The van der Waals surface area contributed by atoms with Crippen LogP contribution in [0.4, 0.5) is 0 Å². The molecule has 0 aliphatic heterocycles. The van der Waals surface area contributed by atoms with Gasteiger partial charge in [-0.1, -0.05) is 40.0 Å². The minimum Gasteiger partial charge on any atom is -0.467 e. The fourth-order valence-corrected chi connectivity index (χ4v) is 6.98. The lowest BCUT2D eigenvalue weighted by atomic mass is 10.4. The highest BCUT2D eigenvalue weighted by molar-refractivity contribution is 7.79. The minimum absolute atomic E-state index is 0.783. The Bertz CT molecular complexity index is 191. The lowest BCUT2D eigenvalue weighted by Crippen LogP contribution is -2.12. The van der Waals surface area contributed by atoms with Gasteiger partial charge in [0.1, 0.15) is 0 Å². The van der Waals surface area contributed by atoms with E-state index in [4.69, 9.17) is 4.74 Å². The van der Waals surface area contributed by atoms with Crippen molar-refractivity contribution < 1.29 is 4.74 Å². The highest BCUT2D eigenvalue weighted by atomic mass is 31.2. The number of hydrogen-bond donors (Lipinski definition) is 0. The average Bonchev–Trinajstić information content (AvgIpc) is 2.38. The van der Waals surface area contributed by atoms with Crippen molar-refractivity contribution in [2.24, 2.45) is 0 Å². The van der Waals surface area contributed by atoms with E-state index in [0.717, 1.165) is 6.61 Å². The van der Waals surface area contributed by atoms with Gasteiger partial charge in [0.05, 0.1) is 32.4 Å². The van der Waals surface area contributed by atoms with Crippen LogP contribution >= 0.6 is 7.26 Å². The van der Waals surface area contributed by atoms with Gasteiger partial charge in [0.2, 0.25) is 5.50 Å². The molecule has 0 saturated carbocycles. The topological polar surface area (TPSA) is 9.23 Å². The summed E-state index contributed by atoms with van der Waals surface area (Å²) in [6.45, 7) is 14.0. The minimum atomic E-state index is -1.07. The van der Waals surface area contributed by atoms with Gasteiger partial charge in [-0.15, -0.1) is 0 Å². The molecule has 0 fully saturated rings. The van der Waals surface area contributed by atoms with Crippen LogP contribution in [-0.2, 0) is 4.74 Å². The van der Waals surface area contributed by atoms with E-state index in [-0.39, 0.29) is 0 Å². The van der Waals surface area contributed by atoms with E-state index in [1.54, 1.807) is 0 Å². The highest BCUT2D eigenvalue weighted by Gasteiger charge is 2.40. The van der Waals surface area contributed by atoms with E-state index >= 15 is 0 Å². The molecular formula is C16H34OP+. The largest absolute Gasteiger partial charge is 0.467 e. The lowest BCUT2D eigenvalue weighted by molar-refractivity contribution is 0.255. The molecule has 0 spiro atoms. The Balaban J connectivity index is 4.78. The third kappa shape index (κ3) is 6.23. The fraction of sp³-hybridized carbons (Fsp3) is 0.875. The molecule has 18 heavy (non-hydrogen) atoms. The zero-order valence-electron chi connectivity index (χ0n) is 13.1. The van der Waals surface area contributed by atoms with Crippen molar-refractivity contribution >= 4 is 7.26 Å². The molecule has 0 atom stereocenters. The van der Waals surface area contributed by atoms with Crippen LogP contribution in [-0.4, -0.2) is 25.1 Å². The van der Waals surface area contributed by atoms with Gasteiger partial charge in [-0.3, -0.25) is 0 Å². The van der Waals surface area contributed by atoms with Crippen molar-refractivity contribution in [2.75, 3.05) is 25.1 Å². The van der Waals surface area contributed by atoms with Crippen LogP contribution in [0.5, 0.6) is 0 Å². The molecule has 0 bridgehead atoms. The van der Waals surface area contributed by atoms with Gasteiger partial charge in [0.25, 0.3) is 0 Å². The van der Waals surface area contributed by atoms with Crippen molar-refractivity contribution in [1.29, 1.82) is 0 Å². The van der Waals surface area contributed by atoms with Crippen LogP contribution in [0, 0.1) is 0 Å². The van der Waals surface area contributed by atoms with E-state index in [0.29, 0.717) is 0 Å². The first-order valence-corrected chi connectivity index (χ1v) is 10.2. The molecule has 0 aliphatic rings. The zero-order chi connectivity index (χ0) is 13.9. The fourth-order valence-electron chi connectivity index (χ4n) is 2.40. The van der Waals surface area contributed by atoms with Gasteiger partial charge in [0, 0.05) is 0 Å². The molecule has 0 rings (SSSR count). The molecular weight excluding hydrogens is 239 g/mol. The second kappa shape index (κ2) is 10.9. The van der Waals surface area contributed by atoms with E-state index in [2.05, 4.69) is 34.3 Å². The van der Waals surface area contributed by atoms with Crippen molar-refractivity contribution in [3.05, 3.63) is 12.1 Å². The molecule has 0 aromatic heterocycles. The molecule has 0 N–H and O–H groups in total. The lowest BCUT2D eigenvalue weighted by Gasteiger charge is -2.28. The standard InChI is InChI=1S/C16H34OP/c1-6-10-13-18(14-11-7-2,15-12-8-3)16(5)17-9-4/h5-15H2,1-4H3/q+1. The quantitative estimate of drug-likeness (QED) is 0.317. The van der Waals surface area contributed by atoms with Crippen LogP contribution in [0.1, 0.15) is 66.2 Å². The van der Waals surface area contributed by atoms with Crippen molar-refractivity contribution in [3.8, 4) is 0 Å². The van der Waals surface area contributed by atoms with Crippen LogP contribution < -0.4 is 0 Å². The van der Waals surface area contributed by atoms with E-state index < -0.39 is 7.26 Å². The summed E-state index contributed by atoms with van der Waals surface area (Å²) in [5, 5.41) is 0. The SMILES string of the molecule is C=C(OCC)[P+](CCCC)(CCCC)CCCC. The van der Waals surface area contributed by atoms with Gasteiger partial charge >= 0.3 is 0 Å². The average molecular weight is 273 g/mol. The maximum Gasteiger partial charge on any atom is 0.232 e. The maximum atomic E-state index is 5.85. The molecule has 0 amide bonds. The predicted octanol–water partition coefficient (Wildman–Crippen LogP) is 5.91. The van der Waals surface area contributed by atoms with Gasteiger partial charge in [0.15, 0.2) is 0 Å². The van der Waals surface area contributed by atoms with Crippen LogP contribution in [0.3, 0.4) is 0 Å². The Kier molecular flexibility index (Phi) is 10.8. The molecule has 0 aromatic rings. The molecule has 0 unspecified atom stereocenters. The summed E-state index contributed by atoms with van der Waals surface area (Å²) in [5.74, 6) is 0. The Hall–Kier alpha value is -0.0300. The molecule has 108 valence electrons. The number of ether oxygens (including phenoxy) is 1. The third-order valence-electron chi connectivity index (χ3n) is 3.66. The predicted molar refractivity (Wildman–Crippen MR) is 87.0 cm³/mol. The zero-order valence-corrected chi connectivity index (χ0v) is 14.0. The Morgan fingerprint density at radius 2 is 1.22 bits per heavy atom. The molecule has 0 aliphatic carbocycles. The first-order chi connectivity index (χ1) is 8.66. The summed E-state index contributed by atoms with van der Waals surface area (Å²) in [5.41, 5.74) is 1.17. The Morgan fingerprint density at radius 1 is 0.833 bits per heavy atom.